The molecule has 1 aromatic heterocycles. The number of amides is 1. The third-order valence-electron chi connectivity index (χ3n) is 1.52. The number of rotatable bonds is 4. The third-order valence-corrected chi connectivity index (χ3v) is 1.52. The summed E-state index contributed by atoms with van der Waals surface area (Å²) in [5, 5.41) is 5.25. The van der Waals surface area contributed by atoms with E-state index in [1.807, 2.05) is 0 Å². The van der Waals surface area contributed by atoms with Crippen LogP contribution in [-0.4, -0.2) is 24.0 Å². The van der Waals surface area contributed by atoms with Crippen LogP contribution in [0.4, 0.5) is 10.1 Å². The van der Waals surface area contributed by atoms with E-state index in [2.05, 4.69) is 21.5 Å². The Labute approximate surface area is 86.9 Å². The molecule has 0 unspecified atom stereocenters. The van der Waals surface area contributed by atoms with Crippen molar-refractivity contribution >= 4 is 11.6 Å². The fraction of sp³-hybridized carbons (Fsp3) is 0.200. The molecule has 5 heteroatoms. The second-order valence-electron chi connectivity index (χ2n) is 2.73. The maximum atomic E-state index is 12.4. The van der Waals surface area contributed by atoms with Gasteiger partial charge in [-0.2, -0.15) is 4.39 Å². The molecule has 0 aliphatic carbocycles. The van der Waals surface area contributed by atoms with Crippen molar-refractivity contribution in [3.63, 3.8) is 0 Å². The number of hydrogen-bond acceptors (Lipinski definition) is 3. The summed E-state index contributed by atoms with van der Waals surface area (Å²) in [6.07, 6.45) is 6.23. The van der Waals surface area contributed by atoms with Crippen molar-refractivity contribution in [3.05, 3.63) is 24.3 Å². The second kappa shape index (κ2) is 5.73. The van der Waals surface area contributed by atoms with Gasteiger partial charge in [-0.05, 0) is 12.1 Å². The number of nitrogens with zero attached hydrogens (tertiary/aromatic N) is 1. The Morgan fingerprint density at radius 3 is 3.00 bits per heavy atom. The van der Waals surface area contributed by atoms with E-state index in [9.17, 15) is 9.18 Å². The first kappa shape index (κ1) is 11.1. The van der Waals surface area contributed by atoms with E-state index >= 15 is 0 Å². The lowest BCUT2D eigenvalue weighted by molar-refractivity contribution is -0.115. The highest BCUT2D eigenvalue weighted by Crippen LogP contribution is 2.04. The minimum atomic E-state index is -0.585. The molecule has 0 radical (unpaired) electrons. The van der Waals surface area contributed by atoms with Crippen molar-refractivity contribution in [1.82, 2.24) is 10.3 Å². The molecule has 1 rings (SSSR count). The zero-order valence-corrected chi connectivity index (χ0v) is 7.96. The Hall–Kier alpha value is -1.93. The molecule has 0 saturated carbocycles. The fourth-order valence-electron chi connectivity index (χ4n) is 0.903. The van der Waals surface area contributed by atoms with Gasteiger partial charge in [0.1, 0.15) is 0 Å². The molecule has 1 amide bonds. The highest BCUT2D eigenvalue weighted by molar-refractivity contribution is 5.92. The van der Waals surface area contributed by atoms with E-state index in [0.29, 0.717) is 12.2 Å². The maximum Gasteiger partial charge on any atom is 0.238 e. The Kier molecular flexibility index (Phi) is 4.26. The second-order valence-corrected chi connectivity index (χ2v) is 2.73. The lowest BCUT2D eigenvalue weighted by Crippen LogP contribution is -2.28. The average molecular weight is 207 g/mol. The van der Waals surface area contributed by atoms with Crippen LogP contribution in [0.2, 0.25) is 0 Å². The molecular weight excluding hydrogens is 197 g/mol. The predicted octanol–water partition coefficient (Wildman–Crippen LogP) is 0.382. The van der Waals surface area contributed by atoms with Crippen molar-refractivity contribution in [1.29, 1.82) is 0 Å². The molecule has 0 saturated heterocycles. The summed E-state index contributed by atoms with van der Waals surface area (Å²) in [6.45, 7) is 0.441. The van der Waals surface area contributed by atoms with Gasteiger partial charge in [0.2, 0.25) is 11.9 Å². The van der Waals surface area contributed by atoms with Gasteiger partial charge in [-0.25, -0.2) is 4.98 Å². The largest absolute Gasteiger partial charge is 0.324 e. The minimum Gasteiger partial charge on any atom is -0.324 e. The van der Waals surface area contributed by atoms with Gasteiger partial charge < -0.3 is 5.32 Å². The zero-order valence-electron chi connectivity index (χ0n) is 7.96. The zero-order chi connectivity index (χ0) is 11.1. The highest BCUT2D eigenvalue weighted by Gasteiger charge is 2.01. The van der Waals surface area contributed by atoms with E-state index in [1.165, 1.54) is 18.3 Å². The quantitative estimate of drug-likeness (QED) is 0.426. The van der Waals surface area contributed by atoms with Crippen molar-refractivity contribution in [2.24, 2.45) is 0 Å². The van der Waals surface area contributed by atoms with Gasteiger partial charge >= 0.3 is 0 Å². The van der Waals surface area contributed by atoms with Gasteiger partial charge in [0.25, 0.3) is 0 Å². The number of aromatic nitrogens is 1. The van der Waals surface area contributed by atoms with Crippen LogP contribution >= 0.6 is 0 Å². The van der Waals surface area contributed by atoms with Gasteiger partial charge in [0.15, 0.2) is 0 Å². The van der Waals surface area contributed by atoms with Crippen molar-refractivity contribution in [2.45, 2.75) is 0 Å². The molecule has 0 aromatic carbocycles. The normalized spacial score (nSPS) is 9.33. The van der Waals surface area contributed by atoms with E-state index in [1.54, 1.807) is 0 Å². The number of nitrogens with one attached hydrogen (secondary N) is 2. The van der Waals surface area contributed by atoms with Crippen LogP contribution in [0.25, 0.3) is 0 Å². The number of carbonyl (C=O) groups excluding carboxylic acids is 1. The van der Waals surface area contributed by atoms with E-state index in [4.69, 9.17) is 6.42 Å². The first-order valence-electron chi connectivity index (χ1n) is 4.28. The van der Waals surface area contributed by atoms with Crippen LogP contribution in [-0.2, 0) is 4.79 Å². The number of anilines is 1. The highest BCUT2D eigenvalue weighted by atomic mass is 19.1. The molecule has 0 bridgehead atoms. The van der Waals surface area contributed by atoms with Crippen LogP contribution in [0.5, 0.6) is 0 Å². The summed E-state index contributed by atoms with van der Waals surface area (Å²) in [6, 6.07) is 2.60. The summed E-state index contributed by atoms with van der Waals surface area (Å²) in [4.78, 5) is 14.6. The molecule has 0 fully saturated rings. The van der Waals surface area contributed by atoms with E-state index in [-0.39, 0.29) is 12.5 Å². The van der Waals surface area contributed by atoms with Crippen LogP contribution in [0, 0.1) is 18.3 Å². The Morgan fingerprint density at radius 2 is 2.40 bits per heavy atom. The van der Waals surface area contributed by atoms with Gasteiger partial charge in [0.05, 0.1) is 25.0 Å². The molecule has 0 atom stereocenters. The summed E-state index contributed by atoms with van der Waals surface area (Å²) in [7, 11) is 0. The molecule has 0 aliphatic rings. The molecule has 1 heterocycles. The molecule has 0 aliphatic heterocycles. The SMILES string of the molecule is C#CCNCC(=O)Nc1ccc(F)nc1. The lowest BCUT2D eigenvalue weighted by atomic mass is 10.4. The minimum absolute atomic E-state index is 0.113. The number of pyridine rings is 1. The van der Waals surface area contributed by atoms with Gasteiger partial charge in [-0.1, -0.05) is 5.92 Å². The maximum absolute atomic E-state index is 12.4. The first-order chi connectivity index (χ1) is 7.22. The lowest BCUT2D eigenvalue weighted by Gasteiger charge is -2.04. The summed E-state index contributed by atoms with van der Waals surface area (Å²) >= 11 is 0. The summed E-state index contributed by atoms with van der Waals surface area (Å²) in [5.41, 5.74) is 0.448. The van der Waals surface area contributed by atoms with Crippen LogP contribution < -0.4 is 10.6 Å². The van der Waals surface area contributed by atoms with Gasteiger partial charge in [-0.15, -0.1) is 6.42 Å². The number of terminal acetylenes is 1. The molecule has 0 spiro atoms. The Bertz CT molecular complexity index is 369. The van der Waals surface area contributed by atoms with Crippen LogP contribution in [0.15, 0.2) is 18.3 Å². The summed E-state index contributed by atoms with van der Waals surface area (Å²) < 4.78 is 12.4. The number of carbonyl (C=O) groups is 1. The molecule has 2 N–H and O–H groups in total. The monoisotopic (exact) mass is 207 g/mol. The fourth-order valence-corrected chi connectivity index (χ4v) is 0.903. The number of hydrogen-bond donors (Lipinski definition) is 2. The standard InChI is InChI=1S/C10H10FN3O/c1-2-5-12-7-10(15)14-8-3-4-9(11)13-6-8/h1,3-4,6,12H,5,7H2,(H,14,15). The third kappa shape index (κ3) is 4.20. The van der Waals surface area contributed by atoms with Crippen LogP contribution in [0.1, 0.15) is 0 Å². The molecule has 78 valence electrons. The topological polar surface area (TPSA) is 54.0 Å². The van der Waals surface area contributed by atoms with Crippen LogP contribution in [0.3, 0.4) is 0 Å². The van der Waals surface area contributed by atoms with E-state index < -0.39 is 5.95 Å². The van der Waals surface area contributed by atoms with Gasteiger partial charge in [0, 0.05) is 0 Å². The molecule has 4 nitrogen and oxygen atoms in total. The van der Waals surface area contributed by atoms with Crippen molar-refractivity contribution in [3.8, 4) is 12.3 Å². The molecule has 1 aromatic rings. The molecule has 15 heavy (non-hydrogen) atoms. The van der Waals surface area contributed by atoms with Gasteiger partial charge in [-0.3, -0.25) is 10.1 Å². The van der Waals surface area contributed by atoms with Crippen molar-refractivity contribution in [2.75, 3.05) is 18.4 Å². The Balaban J connectivity index is 2.38. The molecular formula is C10H10FN3O. The first-order valence-corrected chi connectivity index (χ1v) is 4.28. The Morgan fingerprint density at radius 1 is 1.60 bits per heavy atom. The van der Waals surface area contributed by atoms with Crippen molar-refractivity contribution < 1.29 is 9.18 Å². The predicted molar refractivity (Wildman–Crippen MR) is 54.5 cm³/mol. The smallest absolute Gasteiger partial charge is 0.238 e. The average Bonchev–Trinajstić information content (AvgIpc) is 2.22. The number of halogens is 1. The summed E-state index contributed by atoms with van der Waals surface area (Å²) in [5.74, 6) is 1.51. The van der Waals surface area contributed by atoms with E-state index in [0.717, 1.165) is 0 Å².